The molecule has 1 heteroatoms. The van der Waals surface area contributed by atoms with E-state index >= 15 is 0 Å². The predicted octanol–water partition coefficient (Wildman–Crippen LogP) is 3.25. The zero-order chi connectivity index (χ0) is 7.28. The van der Waals surface area contributed by atoms with Gasteiger partial charge in [0, 0.05) is 5.38 Å². The molecule has 9 heavy (non-hydrogen) atoms. The Labute approximate surface area is 63.6 Å². The molecule has 0 aliphatic carbocycles. The highest BCUT2D eigenvalue weighted by Crippen LogP contribution is 2.17. The maximum atomic E-state index is 5.97. The van der Waals surface area contributed by atoms with Crippen molar-refractivity contribution in [2.75, 3.05) is 0 Å². The monoisotopic (exact) mass is 147 g/mol. The maximum absolute atomic E-state index is 5.97. The van der Waals surface area contributed by atoms with Crippen LogP contribution in [0.15, 0.2) is 0 Å². The summed E-state index contributed by atoms with van der Waals surface area (Å²) in [5.41, 5.74) is 0. The van der Waals surface area contributed by atoms with Gasteiger partial charge in [0.1, 0.15) is 0 Å². The molecular weight excluding hydrogens is 132 g/mol. The normalized spacial score (nSPS) is 17.3. The van der Waals surface area contributed by atoms with Gasteiger partial charge >= 0.3 is 0 Å². The smallest absolute Gasteiger partial charge is 0.0364 e. The van der Waals surface area contributed by atoms with Crippen LogP contribution in [0.4, 0.5) is 0 Å². The second-order valence-electron chi connectivity index (χ2n) is 2.47. The molecule has 0 aliphatic heterocycles. The van der Waals surface area contributed by atoms with Crippen LogP contribution in [0.5, 0.6) is 0 Å². The van der Waals surface area contributed by atoms with Crippen LogP contribution in [0, 0.1) is 12.8 Å². The van der Waals surface area contributed by atoms with Gasteiger partial charge < -0.3 is 0 Å². The van der Waals surface area contributed by atoms with Gasteiger partial charge in [-0.1, -0.05) is 26.7 Å². The van der Waals surface area contributed by atoms with Gasteiger partial charge in [0.2, 0.25) is 0 Å². The summed E-state index contributed by atoms with van der Waals surface area (Å²) in [5, 5.41) is 0.292. The van der Waals surface area contributed by atoms with E-state index in [1.54, 1.807) is 0 Å². The van der Waals surface area contributed by atoms with E-state index in [1.165, 1.54) is 6.42 Å². The van der Waals surface area contributed by atoms with E-state index in [1.807, 2.05) is 0 Å². The van der Waals surface area contributed by atoms with Crippen molar-refractivity contribution >= 4 is 11.6 Å². The van der Waals surface area contributed by atoms with Crippen molar-refractivity contribution in [2.45, 2.75) is 38.5 Å². The van der Waals surface area contributed by atoms with E-state index in [4.69, 9.17) is 11.6 Å². The number of alkyl halides is 1. The van der Waals surface area contributed by atoms with E-state index in [0.717, 1.165) is 12.8 Å². The van der Waals surface area contributed by atoms with Crippen LogP contribution in [0.3, 0.4) is 0 Å². The molecular formula is C8H16Cl. The largest absolute Gasteiger partial charge is 0.123 e. The Balaban J connectivity index is 3.32. The lowest BCUT2D eigenvalue weighted by atomic mass is 10.0. The Morgan fingerprint density at radius 1 is 1.44 bits per heavy atom. The van der Waals surface area contributed by atoms with E-state index in [0.29, 0.717) is 11.3 Å². The topological polar surface area (TPSA) is 0 Å². The lowest BCUT2D eigenvalue weighted by Crippen LogP contribution is -2.09. The summed E-state index contributed by atoms with van der Waals surface area (Å²) < 4.78 is 0. The average molecular weight is 148 g/mol. The highest BCUT2D eigenvalue weighted by atomic mass is 35.5. The fraction of sp³-hybridized carbons (Fsp3) is 0.875. The van der Waals surface area contributed by atoms with Crippen LogP contribution in [0.25, 0.3) is 0 Å². The van der Waals surface area contributed by atoms with Crippen molar-refractivity contribution in [2.24, 2.45) is 5.92 Å². The third kappa shape index (κ3) is 3.80. The van der Waals surface area contributed by atoms with E-state index in [-0.39, 0.29) is 0 Å². The summed E-state index contributed by atoms with van der Waals surface area (Å²) in [7, 11) is 0. The van der Waals surface area contributed by atoms with Gasteiger partial charge in [0.25, 0.3) is 0 Å². The minimum Gasteiger partial charge on any atom is -0.123 e. The minimum absolute atomic E-state index is 0.292. The van der Waals surface area contributed by atoms with Crippen molar-refractivity contribution in [1.82, 2.24) is 0 Å². The van der Waals surface area contributed by atoms with Gasteiger partial charge in [-0.3, -0.25) is 0 Å². The number of hydrogen-bond donors (Lipinski definition) is 0. The van der Waals surface area contributed by atoms with Crippen LogP contribution >= 0.6 is 11.6 Å². The molecule has 1 radical (unpaired) electrons. The molecule has 0 aromatic carbocycles. The highest BCUT2D eigenvalue weighted by Gasteiger charge is 2.09. The first-order valence-electron chi connectivity index (χ1n) is 3.69. The molecule has 2 unspecified atom stereocenters. The van der Waals surface area contributed by atoms with Crippen LogP contribution in [-0.4, -0.2) is 5.38 Å². The fourth-order valence-electron chi connectivity index (χ4n) is 0.767. The molecule has 0 amide bonds. The molecule has 2 atom stereocenters. The van der Waals surface area contributed by atoms with Gasteiger partial charge in [-0.2, -0.15) is 0 Å². The molecule has 0 fully saturated rings. The average Bonchev–Trinajstić information content (AvgIpc) is 1.87. The third-order valence-corrected chi connectivity index (χ3v) is 2.17. The first-order valence-corrected chi connectivity index (χ1v) is 4.13. The van der Waals surface area contributed by atoms with Crippen LogP contribution in [0.1, 0.15) is 33.1 Å². The Morgan fingerprint density at radius 2 is 2.00 bits per heavy atom. The second-order valence-corrected chi connectivity index (χ2v) is 3.03. The molecule has 0 spiro atoms. The molecule has 0 heterocycles. The summed E-state index contributed by atoms with van der Waals surface area (Å²) in [6, 6.07) is 0. The number of rotatable bonds is 4. The molecule has 0 aliphatic rings. The van der Waals surface area contributed by atoms with E-state index < -0.39 is 0 Å². The van der Waals surface area contributed by atoms with Crippen molar-refractivity contribution in [1.29, 1.82) is 0 Å². The van der Waals surface area contributed by atoms with Crippen molar-refractivity contribution < 1.29 is 0 Å². The van der Waals surface area contributed by atoms with Crippen LogP contribution in [-0.2, 0) is 0 Å². The van der Waals surface area contributed by atoms with Crippen molar-refractivity contribution in [3.05, 3.63) is 6.92 Å². The Kier molecular flexibility index (Phi) is 5.27. The van der Waals surface area contributed by atoms with Crippen LogP contribution < -0.4 is 0 Å². The molecule has 0 aromatic rings. The van der Waals surface area contributed by atoms with Gasteiger partial charge in [-0.15, -0.1) is 11.6 Å². The van der Waals surface area contributed by atoms with E-state index in [9.17, 15) is 0 Å². The third-order valence-electron chi connectivity index (χ3n) is 1.60. The minimum atomic E-state index is 0.292. The van der Waals surface area contributed by atoms with Gasteiger partial charge in [0.15, 0.2) is 0 Å². The lowest BCUT2D eigenvalue weighted by Gasteiger charge is -2.13. The first kappa shape index (κ1) is 9.29. The maximum Gasteiger partial charge on any atom is 0.0364 e. The van der Waals surface area contributed by atoms with Gasteiger partial charge in [-0.05, 0) is 19.3 Å². The Hall–Kier alpha value is 0.290. The molecule has 0 nitrogen and oxygen atoms in total. The molecule has 0 N–H and O–H groups in total. The number of halogens is 1. The quantitative estimate of drug-likeness (QED) is 0.536. The molecule has 0 aromatic heterocycles. The van der Waals surface area contributed by atoms with E-state index in [2.05, 4.69) is 20.8 Å². The first-order chi connectivity index (χ1) is 4.22. The summed E-state index contributed by atoms with van der Waals surface area (Å²) in [4.78, 5) is 0. The SMILES string of the molecule is [CH2]C(CC)C(Cl)CCC. The van der Waals surface area contributed by atoms with Crippen LogP contribution in [0.2, 0.25) is 0 Å². The molecule has 55 valence electrons. The molecule has 0 saturated heterocycles. The summed E-state index contributed by atoms with van der Waals surface area (Å²) in [6.45, 7) is 8.22. The fourth-order valence-corrected chi connectivity index (χ4v) is 1.16. The molecule has 0 bridgehead atoms. The summed E-state index contributed by atoms with van der Waals surface area (Å²) in [6.07, 6.45) is 3.36. The highest BCUT2D eigenvalue weighted by molar-refractivity contribution is 6.20. The zero-order valence-electron chi connectivity index (χ0n) is 6.36. The van der Waals surface area contributed by atoms with Crippen molar-refractivity contribution in [3.8, 4) is 0 Å². The number of hydrogen-bond acceptors (Lipinski definition) is 0. The predicted molar refractivity (Wildman–Crippen MR) is 43.7 cm³/mol. The lowest BCUT2D eigenvalue weighted by molar-refractivity contribution is 0.546. The van der Waals surface area contributed by atoms with Gasteiger partial charge in [-0.25, -0.2) is 0 Å². The second kappa shape index (κ2) is 5.10. The summed E-state index contributed by atoms with van der Waals surface area (Å²) in [5.74, 6) is 0.437. The Morgan fingerprint density at radius 3 is 2.33 bits per heavy atom. The summed E-state index contributed by atoms with van der Waals surface area (Å²) >= 11 is 5.97. The molecule has 0 rings (SSSR count). The standard InChI is InChI=1S/C8H16Cl/c1-4-6-8(9)7(3)5-2/h7-8H,3-6H2,1-2H3. The zero-order valence-corrected chi connectivity index (χ0v) is 7.12. The van der Waals surface area contributed by atoms with Gasteiger partial charge in [0.05, 0.1) is 0 Å². The van der Waals surface area contributed by atoms with Crippen molar-refractivity contribution in [3.63, 3.8) is 0 Å². The molecule has 0 saturated carbocycles. The Bertz CT molecular complexity index is 61.6.